The first-order valence-electron chi connectivity index (χ1n) is 11.0. The Balaban J connectivity index is 1.84. The molecule has 186 valence electrons. The highest BCUT2D eigenvalue weighted by Crippen LogP contribution is 2.33. The molecular formula is C25H30N4O5S. The monoisotopic (exact) mass is 498 g/mol. The van der Waals surface area contributed by atoms with Crippen LogP contribution in [0.25, 0.3) is 0 Å². The fourth-order valence-corrected chi connectivity index (χ4v) is 3.86. The number of hydrogen-bond acceptors (Lipinski definition) is 6. The predicted molar refractivity (Wildman–Crippen MR) is 139 cm³/mol. The molecule has 0 radical (unpaired) electrons. The van der Waals surface area contributed by atoms with Gasteiger partial charge in [0.15, 0.2) is 5.11 Å². The smallest absolute Gasteiger partial charge is 0.338 e. The van der Waals surface area contributed by atoms with E-state index in [1.165, 1.54) is 7.11 Å². The molecule has 35 heavy (non-hydrogen) atoms. The summed E-state index contributed by atoms with van der Waals surface area (Å²) in [6, 6.07) is 11.3. The Morgan fingerprint density at radius 3 is 2.49 bits per heavy atom. The normalized spacial score (nSPS) is 15.5. The van der Waals surface area contributed by atoms with Crippen LogP contribution in [0.2, 0.25) is 0 Å². The number of nitrogens with one attached hydrogen (secondary N) is 3. The maximum atomic E-state index is 12.9. The van der Waals surface area contributed by atoms with Crippen molar-refractivity contribution in [3.63, 3.8) is 0 Å². The Hall–Kier alpha value is -3.79. The van der Waals surface area contributed by atoms with E-state index in [1.807, 2.05) is 13.0 Å². The lowest BCUT2D eigenvalue weighted by Gasteiger charge is -2.35. The molecule has 2 amide bonds. The van der Waals surface area contributed by atoms with Gasteiger partial charge in [0.2, 0.25) is 0 Å². The lowest BCUT2D eigenvalue weighted by molar-refractivity contribution is -0.143. The van der Waals surface area contributed by atoms with Crippen LogP contribution in [0.3, 0.4) is 0 Å². The standard InChI is InChI=1S/C25H30N4O5S/c1-14(2)34-23(30)21-15(3)29(4)25(35)28-22(21)16-8-7-9-17(12-16)26-24(31)27-19-11-10-18(32-5)13-20(19)33-6/h7-14,22H,1-6H3,(H,28,35)(H2,26,27,31)/t22-/m1/s1. The summed E-state index contributed by atoms with van der Waals surface area (Å²) in [5.41, 5.74) is 2.93. The van der Waals surface area contributed by atoms with Gasteiger partial charge in [-0.2, -0.15) is 0 Å². The molecule has 0 unspecified atom stereocenters. The van der Waals surface area contributed by atoms with Gasteiger partial charge < -0.3 is 35.1 Å². The SMILES string of the molecule is COc1ccc(NC(=O)Nc2cccc([C@H]3NC(=S)N(C)C(C)=C3C(=O)OC(C)C)c2)c(OC)c1. The molecule has 3 rings (SSSR count). The fraction of sp³-hybridized carbons (Fsp3) is 0.320. The number of esters is 1. The lowest BCUT2D eigenvalue weighted by atomic mass is 9.94. The molecule has 2 aromatic rings. The second kappa shape index (κ2) is 11.1. The van der Waals surface area contributed by atoms with Crippen LogP contribution in [0.1, 0.15) is 32.4 Å². The number of urea groups is 1. The van der Waals surface area contributed by atoms with Crippen molar-refractivity contribution in [2.75, 3.05) is 31.9 Å². The van der Waals surface area contributed by atoms with Gasteiger partial charge in [0.25, 0.3) is 0 Å². The predicted octanol–water partition coefficient (Wildman–Crippen LogP) is 4.43. The van der Waals surface area contributed by atoms with Crippen LogP contribution in [0.5, 0.6) is 11.5 Å². The summed E-state index contributed by atoms with van der Waals surface area (Å²) < 4.78 is 16.0. The maximum absolute atomic E-state index is 12.9. The molecule has 1 aliphatic rings. The van der Waals surface area contributed by atoms with Crippen LogP contribution in [0, 0.1) is 0 Å². The Kier molecular flexibility index (Phi) is 8.18. The van der Waals surface area contributed by atoms with E-state index in [0.29, 0.717) is 39.3 Å². The third-order valence-electron chi connectivity index (χ3n) is 5.45. The molecule has 0 aliphatic carbocycles. The van der Waals surface area contributed by atoms with E-state index in [9.17, 15) is 9.59 Å². The Labute approximate surface area is 210 Å². The van der Waals surface area contributed by atoms with E-state index in [-0.39, 0.29) is 6.10 Å². The molecule has 0 bridgehead atoms. The second-order valence-electron chi connectivity index (χ2n) is 8.17. The number of carbonyl (C=O) groups is 2. The summed E-state index contributed by atoms with van der Waals surface area (Å²) in [4.78, 5) is 27.4. The minimum Gasteiger partial charge on any atom is -0.497 e. The van der Waals surface area contributed by atoms with Gasteiger partial charge in [-0.15, -0.1) is 0 Å². The molecule has 0 spiro atoms. The number of thiocarbonyl (C=S) groups is 1. The van der Waals surface area contributed by atoms with Gasteiger partial charge in [-0.3, -0.25) is 0 Å². The summed E-state index contributed by atoms with van der Waals surface area (Å²) in [6.07, 6.45) is -0.269. The van der Waals surface area contributed by atoms with Crippen molar-refractivity contribution in [1.82, 2.24) is 10.2 Å². The average Bonchev–Trinajstić information content (AvgIpc) is 2.82. The zero-order valence-corrected chi connectivity index (χ0v) is 21.4. The number of anilines is 2. The van der Waals surface area contributed by atoms with Crippen LogP contribution in [0.4, 0.5) is 16.2 Å². The molecule has 9 nitrogen and oxygen atoms in total. The van der Waals surface area contributed by atoms with Crippen molar-refractivity contribution in [1.29, 1.82) is 0 Å². The Morgan fingerprint density at radius 2 is 1.83 bits per heavy atom. The van der Waals surface area contributed by atoms with Crippen LogP contribution in [-0.2, 0) is 9.53 Å². The minimum absolute atomic E-state index is 0.269. The minimum atomic E-state index is -0.531. The van der Waals surface area contributed by atoms with Gasteiger partial charge in [0.05, 0.1) is 37.6 Å². The lowest BCUT2D eigenvalue weighted by Crippen LogP contribution is -2.46. The quantitative estimate of drug-likeness (QED) is 0.381. The topological polar surface area (TPSA) is 101 Å². The van der Waals surface area contributed by atoms with E-state index in [1.54, 1.807) is 69.3 Å². The number of benzene rings is 2. The summed E-state index contributed by atoms with van der Waals surface area (Å²) in [7, 11) is 4.86. The summed E-state index contributed by atoms with van der Waals surface area (Å²) in [6.45, 7) is 5.43. The highest BCUT2D eigenvalue weighted by molar-refractivity contribution is 7.80. The van der Waals surface area contributed by atoms with Crippen molar-refractivity contribution < 1.29 is 23.8 Å². The van der Waals surface area contributed by atoms with Crippen molar-refractivity contribution in [3.8, 4) is 11.5 Å². The zero-order valence-electron chi connectivity index (χ0n) is 20.6. The fourth-order valence-electron chi connectivity index (χ4n) is 3.61. The van der Waals surface area contributed by atoms with E-state index < -0.39 is 18.0 Å². The molecule has 1 heterocycles. The molecule has 0 aromatic heterocycles. The van der Waals surface area contributed by atoms with Crippen LogP contribution in [0.15, 0.2) is 53.7 Å². The van der Waals surface area contributed by atoms with Crippen molar-refractivity contribution in [3.05, 3.63) is 59.3 Å². The summed E-state index contributed by atoms with van der Waals surface area (Å²) in [5.74, 6) is 0.650. The zero-order chi connectivity index (χ0) is 25.7. The van der Waals surface area contributed by atoms with Crippen molar-refractivity contribution >= 4 is 40.7 Å². The number of amides is 2. The van der Waals surface area contributed by atoms with Gasteiger partial charge in [-0.05, 0) is 62.8 Å². The maximum Gasteiger partial charge on any atom is 0.338 e. The van der Waals surface area contributed by atoms with E-state index in [4.69, 9.17) is 26.4 Å². The first kappa shape index (κ1) is 25.8. The first-order valence-corrected chi connectivity index (χ1v) is 11.4. The van der Waals surface area contributed by atoms with Crippen LogP contribution >= 0.6 is 12.2 Å². The van der Waals surface area contributed by atoms with Crippen molar-refractivity contribution in [2.45, 2.75) is 32.9 Å². The molecule has 3 N–H and O–H groups in total. The van der Waals surface area contributed by atoms with Gasteiger partial charge in [-0.1, -0.05) is 12.1 Å². The second-order valence-corrected chi connectivity index (χ2v) is 8.55. The van der Waals surface area contributed by atoms with E-state index >= 15 is 0 Å². The summed E-state index contributed by atoms with van der Waals surface area (Å²) in [5, 5.41) is 9.28. The van der Waals surface area contributed by atoms with E-state index in [2.05, 4.69) is 16.0 Å². The number of ether oxygens (including phenoxy) is 3. The van der Waals surface area contributed by atoms with Crippen LogP contribution < -0.4 is 25.4 Å². The average molecular weight is 499 g/mol. The Bertz CT molecular complexity index is 1160. The number of nitrogens with zero attached hydrogens (tertiary/aromatic N) is 1. The van der Waals surface area contributed by atoms with Crippen LogP contribution in [-0.4, -0.2) is 49.4 Å². The molecule has 0 saturated carbocycles. The van der Waals surface area contributed by atoms with Crippen molar-refractivity contribution in [2.24, 2.45) is 0 Å². The molecular weight excluding hydrogens is 468 g/mol. The Morgan fingerprint density at radius 1 is 1.09 bits per heavy atom. The number of methoxy groups -OCH3 is 2. The molecule has 0 saturated heterocycles. The number of carbonyl (C=O) groups excluding carboxylic acids is 2. The highest BCUT2D eigenvalue weighted by atomic mass is 32.1. The number of hydrogen-bond donors (Lipinski definition) is 3. The molecule has 2 aromatic carbocycles. The molecule has 1 aliphatic heterocycles. The largest absolute Gasteiger partial charge is 0.497 e. The third kappa shape index (κ3) is 6.02. The van der Waals surface area contributed by atoms with Gasteiger partial charge in [0, 0.05) is 24.5 Å². The molecule has 1 atom stereocenters. The first-order chi connectivity index (χ1) is 16.6. The molecule has 0 fully saturated rings. The number of allylic oxidation sites excluding steroid dienone is 1. The number of rotatable bonds is 7. The van der Waals surface area contributed by atoms with Gasteiger partial charge in [0.1, 0.15) is 11.5 Å². The van der Waals surface area contributed by atoms with Gasteiger partial charge >= 0.3 is 12.0 Å². The summed E-state index contributed by atoms with van der Waals surface area (Å²) >= 11 is 5.46. The highest BCUT2D eigenvalue weighted by Gasteiger charge is 2.34. The van der Waals surface area contributed by atoms with E-state index in [0.717, 1.165) is 5.56 Å². The van der Waals surface area contributed by atoms with Gasteiger partial charge in [-0.25, -0.2) is 9.59 Å². The molecule has 10 heteroatoms. The third-order valence-corrected chi connectivity index (χ3v) is 5.84.